The molecule has 0 aliphatic heterocycles. The number of rotatable bonds is 7. The second-order valence-electron chi connectivity index (χ2n) is 5.26. The van der Waals surface area contributed by atoms with Crippen molar-refractivity contribution in [3.05, 3.63) is 47.8 Å². The highest BCUT2D eigenvalue weighted by Crippen LogP contribution is 2.12. The van der Waals surface area contributed by atoms with Crippen molar-refractivity contribution in [3.63, 3.8) is 0 Å². The maximum Gasteiger partial charge on any atom is 0.328 e. The lowest BCUT2D eigenvalue weighted by molar-refractivity contribution is -0.142. The lowest BCUT2D eigenvalue weighted by Gasteiger charge is -2.16. The van der Waals surface area contributed by atoms with Crippen LogP contribution in [0.15, 0.2) is 36.5 Å². The first-order chi connectivity index (χ1) is 11.6. The Morgan fingerprint density at radius 2 is 2.00 bits per heavy atom. The summed E-state index contributed by atoms with van der Waals surface area (Å²) in [5.74, 6) is 0.0359. The average molecular weight is 347 g/mol. The van der Waals surface area contributed by atoms with Gasteiger partial charge in [0.1, 0.15) is 6.04 Å². The number of aromatic nitrogens is 2. The average Bonchev–Trinajstić information content (AvgIpc) is 3.03. The monoisotopic (exact) mass is 347 g/mol. The molecule has 1 atom stereocenters. The fourth-order valence-electron chi connectivity index (χ4n) is 2.26. The van der Waals surface area contributed by atoms with E-state index in [9.17, 15) is 9.59 Å². The Balaban J connectivity index is 2.08. The van der Waals surface area contributed by atoms with Crippen LogP contribution in [-0.2, 0) is 9.53 Å². The largest absolute Gasteiger partial charge is 0.467 e. The number of ether oxygens (including phenoxy) is 1. The summed E-state index contributed by atoms with van der Waals surface area (Å²) >= 11 is 1.61. The number of aryl methyl sites for hydroxylation is 1. The van der Waals surface area contributed by atoms with Crippen LogP contribution in [0.4, 0.5) is 0 Å². The topological polar surface area (TPSA) is 73.2 Å². The number of carbonyl (C=O) groups is 2. The van der Waals surface area contributed by atoms with Crippen LogP contribution in [0.5, 0.6) is 0 Å². The quantitative estimate of drug-likeness (QED) is 0.778. The second kappa shape index (κ2) is 8.54. The lowest BCUT2D eigenvalue weighted by Crippen LogP contribution is -2.41. The molecule has 0 aliphatic carbocycles. The highest BCUT2D eigenvalue weighted by molar-refractivity contribution is 7.98. The minimum atomic E-state index is -0.636. The van der Waals surface area contributed by atoms with Crippen LogP contribution < -0.4 is 5.32 Å². The van der Waals surface area contributed by atoms with Gasteiger partial charge in [-0.1, -0.05) is 0 Å². The predicted octanol–water partition coefficient (Wildman–Crippen LogP) is 2.21. The van der Waals surface area contributed by atoms with E-state index in [1.165, 1.54) is 7.11 Å². The van der Waals surface area contributed by atoms with Gasteiger partial charge in [0.15, 0.2) is 0 Å². The summed E-state index contributed by atoms with van der Waals surface area (Å²) in [5.41, 5.74) is 2.37. The number of benzene rings is 1. The number of methoxy groups -OCH3 is 1. The summed E-state index contributed by atoms with van der Waals surface area (Å²) in [6.07, 6.45) is 4.21. The second-order valence-corrected chi connectivity index (χ2v) is 6.25. The molecule has 2 aromatic rings. The molecule has 2 rings (SSSR count). The van der Waals surface area contributed by atoms with E-state index in [-0.39, 0.29) is 5.91 Å². The molecule has 0 aliphatic rings. The summed E-state index contributed by atoms with van der Waals surface area (Å²) in [7, 11) is 1.32. The third-order valence-corrected chi connectivity index (χ3v) is 4.25. The zero-order chi connectivity index (χ0) is 17.5. The van der Waals surface area contributed by atoms with Gasteiger partial charge in [-0.2, -0.15) is 16.9 Å². The molecule has 0 unspecified atom stereocenters. The van der Waals surface area contributed by atoms with E-state index in [0.717, 1.165) is 17.1 Å². The Bertz CT molecular complexity index is 697. The van der Waals surface area contributed by atoms with Crippen LogP contribution >= 0.6 is 11.8 Å². The third-order valence-electron chi connectivity index (χ3n) is 3.61. The SMILES string of the molecule is COC(=O)[C@@H](CCSC)NC(=O)c1ccc(-n2nccc2C)cc1. The summed E-state index contributed by atoms with van der Waals surface area (Å²) in [4.78, 5) is 24.1. The molecule has 6 nitrogen and oxygen atoms in total. The minimum absolute atomic E-state index is 0.296. The van der Waals surface area contributed by atoms with Crippen molar-refractivity contribution in [1.29, 1.82) is 0 Å². The minimum Gasteiger partial charge on any atom is -0.467 e. The molecule has 1 aromatic heterocycles. The molecular weight excluding hydrogens is 326 g/mol. The van der Waals surface area contributed by atoms with Gasteiger partial charge >= 0.3 is 5.97 Å². The predicted molar refractivity (Wildman–Crippen MR) is 94.6 cm³/mol. The number of nitrogens with zero attached hydrogens (tertiary/aromatic N) is 2. The molecule has 0 fully saturated rings. The van der Waals surface area contributed by atoms with Gasteiger partial charge in [-0.05, 0) is 55.7 Å². The van der Waals surface area contributed by atoms with Crippen LogP contribution in [0.3, 0.4) is 0 Å². The van der Waals surface area contributed by atoms with Crippen molar-refractivity contribution < 1.29 is 14.3 Å². The maximum atomic E-state index is 12.4. The van der Waals surface area contributed by atoms with Gasteiger partial charge in [-0.15, -0.1) is 0 Å². The van der Waals surface area contributed by atoms with Crippen molar-refractivity contribution >= 4 is 23.6 Å². The first-order valence-corrected chi connectivity index (χ1v) is 8.95. The number of esters is 1. The molecule has 0 radical (unpaired) electrons. The molecule has 1 N–H and O–H groups in total. The summed E-state index contributed by atoms with van der Waals surface area (Å²) in [5, 5.41) is 6.96. The lowest BCUT2D eigenvalue weighted by atomic mass is 10.1. The van der Waals surface area contributed by atoms with Crippen LogP contribution in [0.2, 0.25) is 0 Å². The Labute approximate surface area is 145 Å². The van der Waals surface area contributed by atoms with Gasteiger partial charge in [0, 0.05) is 17.5 Å². The number of nitrogens with one attached hydrogen (secondary N) is 1. The highest BCUT2D eigenvalue weighted by Gasteiger charge is 2.21. The Hall–Kier alpha value is -2.28. The number of amides is 1. The highest BCUT2D eigenvalue weighted by atomic mass is 32.2. The van der Waals surface area contributed by atoms with Crippen LogP contribution in [0.25, 0.3) is 5.69 Å². The zero-order valence-electron chi connectivity index (χ0n) is 14.0. The van der Waals surface area contributed by atoms with Gasteiger partial charge in [0.05, 0.1) is 12.8 Å². The molecule has 0 spiro atoms. The molecule has 0 saturated heterocycles. The molecule has 0 bridgehead atoms. The fourth-order valence-corrected chi connectivity index (χ4v) is 2.73. The van der Waals surface area contributed by atoms with Gasteiger partial charge in [-0.3, -0.25) is 4.79 Å². The van der Waals surface area contributed by atoms with Crippen LogP contribution in [0, 0.1) is 6.92 Å². The Morgan fingerprint density at radius 1 is 1.29 bits per heavy atom. The van der Waals surface area contributed by atoms with Crippen molar-refractivity contribution in [1.82, 2.24) is 15.1 Å². The van der Waals surface area contributed by atoms with Gasteiger partial charge in [-0.25, -0.2) is 9.48 Å². The van der Waals surface area contributed by atoms with Crippen LogP contribution in [0.1, 0.15) is 22.5 Å². The number of hydrogen-bond donors (Lipinski definition) is 1. The van der Waals surface area contributed by atoms with E-state index < -0.39 is 12.0 Å². The Morgan fingerprint density at radius 3 is 2.54 bits per heavy atom. The third kappa shape index (κ3) is 4.38. The van der Waals surface area contributed by atoms with Gasteiger partial charge < -0.3 is 10.1 Å². The number of carbonyl (C=O) groups excluding carboxylic acids is 2. The van der Waals surface area contributed by atoms with E-state index >= 15 is 0 Å². The van der Waals surface area contributed by atoms with E-state index in [1.54, 1.807) is 34.8 Å². The normalized spacial score (nSPS) is 11.8. The fraction of sp³-hybridized carbons (Fsp3) is 0.353. The van der Waals surface area contributed by atoms with Gasteiger partial charge in [0.2, 0.25) is 0 Å². The van der Waals surface area contributed by atoms with E-state index in [1.807, 2.05) is 31.4 Å². The molecule has 1 amide bonds. The van der Waals surface area contributed by atoms with Crippen molar-refractivity contribution in [2.75, 3.05) is 19.1 Å². The van der Waals surface area contributed by atoms with E-state index in [4.69, 9.17) is 4.74 Å². The first-order valence-electron chi connectivity index (χ1n) is 7.55. The summed E-state index contributed by atoms with van der Waals surface area (Å²) in [6, 6.07) is 8.35. The zero-order valence-corrected chi connectivity index (χ0v) is 14.8. The van der Waals surface area contributed by atoms with Crippen molar-refractivity contribution in [2.24, 2.45) is 0 Å². The molecule has 24 heavy (non-hydrogen) atoms. The molecule has 7 heteroatoms. The number of hydrogen-bond acceptors (Lipinski definition) is 5. The van der Waals surface area contributed by atoms with Crippen molar-refractivity contribution in [2.45, 2.75) is 19.4 Å². The molecule has 1 heterocycles. The Kier molecular flexibility index (Phi) is 6.43. The number of thioether (sulfide) groups is 1. The van der Waals surface area contributed by atoms with Crippen LogP contribution in [-0.4, -0.2) is 46.8 Å². The summed E-state index contributed by atoms with van der Waals surface area (Å²) in [6.45, 7) is 1.96. The smallest absolute Gasteiger partial charge is 0.328 e. The standard InChI is InChI=1S/C17H21N3O3S/c1-12-8-10-18-20(12)14-6-4-13(5-7-14)16(21)19-15(9-11-24-3)17(22)23-2/h4-8,10,15H,9,11H2,1-3H3,(H,19,21)/t15-/m1/s1. The first kappa shape index (κ1) is 18.1. The van der Waals surface area contributed by atoms with E-state index in [2.05, 4.69) is 10.4 Å². The molecule has 128 valence electrons. The van der Waals surface area contributed by atoms with Gasteiger partial charge in [0.25, 0.3) is 5.91 Å². The van der Waals surface area contributed by atoms with E-state index in [0.29, 0.717) is 12.0 Å². The molecule has 1 aromatic carbocycles. The summed E-state index contributed by atoms with van der Waals surface area (Å²) < 4.78 is 6.54. The van der Waals surface area contributed by atoms with Crippen molar-refractivity contribution in [3.8, 4) is 5.69 Å². The molecule has 0 saturated carbocycles. The molecular formula is C17H21N3O3S. The maximum absolute atomic E-state index is 12.4.